The number of aliphatic hydroxyl groups excluding tert-OH is 1. The molecule has 1 N–H and O–H groups in total. The Morgan fingerprint density at radius 2 is 2.00 bits per heavy atom. The highest BCUT2D eigenvalue weighted by Crippen LogP contribution is 2.07. The molecule has 0 atom stereocenters. The molecule has 0 amide bonds. The molecule has 0 radical (unpaired) electrons. The Bertz CT molecular complexity index is 273. The molecule has 0 aliphatic heterocycles. The fourth-order valence-corrected chi connectivity index (χ4v) is 1.60. The van der Waals surface area contributed by atoms with Gasteiger partial charge in [-0.15, -0.1) is 0 Å². The van der Waals surface area contributed by atoms with Crippen molar-refractivity contribution in [2.45, 2.75) is 26.5 Å². The van der Waals surface area contributed by atoms with E-state index in [2.05, 4.69) is 31.0 Å². The molecule has 2 nitrogen and oxygen atoms in total. The van der Waals surface area contributed by atoms with Crippen LogP contribution in [0.2, 0.25) is 0 Å². The predicted octanol–water partition coefficient (Wildman–Crippen LogP) is 2.02. The molecule has 1 aromatic carbocycles. The lowest BCUT2D eigenvalue weighted by Gasteiger charge is -2.15. The predicted molar refractivity (Wildman–Crippen MR) is 59.0 cm³/mol. The summed E-state index contributed by atoms with van der Waals surface area (Å²) in [6, 6.07) is 8.11. The van der Waals surface area contributed by atoms with Gasteiger partial charge < -0.3 is 10.0 Å². The standard InChI is InChI=1S/C12H19NO/c1-3-7-13(2)9-11-5-4-6-12(8-11)10-14/h4-6,8,14H,3,7,9-10H2,1-2H3. The van der Waals surface area contributed by atoms with Crippen LogP contribution in [-0.4, -0.2) is 23.6 Å². The average molecular weight is 193 g/mol. The Morgan fingerprint density at radius 1 is 1.29 bits per heavy atom. The number of hydrogen-bond acceptors (Lipinski definition) is 2. The summed E-state index contributed by atoms with van der Waals surface area (Å²) in [5.74, 6) is 0. The SMILES string of the molecule is CCCN(C)Cc1cccc(CO)c1. The summed E-state index contributed by atoms with van der Waals surface area (Å²) in [6.45, 7) is 4.39. The van der Waals surface area contributed by atoms with E-state index in [-0.39, 0.29) is 6.61 Å². The largest absolute Gasteiger partial charge is 0.392 e. The normalized spacial score (nSPS) is 10.9. The fourth-order valence-electron chi connectivity index (χ4n) is 1.60. The van der Waals surface area contributed by atoms with Crippen LogP contribution in [-0.2, 0) is 13.2 Å². The number of nitrogens with zero attached hydrogens (tertiary/aromatic N) is 1. The van der Waals surface area contributed by atoms with Gasteiger partial charge in [-0.25, -0.2) is 0 Å². The van der Waals surface area contributed by atoms with Crippen LogP contribution in [0.4, 0.5) is 0 Å². The van der Waals surface area contributed by atoms with Crippen molar-refractivity contribution >= 4 is 0 Å². The van der Waals surface area contributed by atoms with Crippen molar-refractivity contribution in [2.24, 2.45) is 0 Å². The van der Waals surface area contributed by atoms with Gasteiger partial charge in [0.1, 0.15) is 0 Å². The summed E-state index contributed by atoms with van der Waals surface area (Å²) in [7, 11) is 2.12. The molecule has 0 bridgehead atoms. The van der Waals surface area contributed by atoms with Crippen LogP contribution in [0.3, 0.4) is 0 Å². The Hall–Kier alpha value is -0.860. The zero-order chi connectivity index (χ0) is 10.4. The Balaban J connectivity index is 2.57. The van der Waals surface area contributed by atoms with Crippen molar-refractivity contribution in [3.63, 3.8) is 0 Å². The summed E-state index contributed by atoms with van der Waals surface area (Å²) < 4.78 is 0. The minimum Gasteiger partial charge on any atom is -0.392 e. The van der Waals surface area contributed by atoms with E-state index in [4.69, 9.17) is 5.11 Å². The van der Waals surface area contributed by atoms with Crippen LogP contribution in [0.15, 0.2) is 24.3 Å². The number of rotatable bonds is 5. The second kappa shape index (κ2) is 5.78. The van der Waals surface area contributed by atoms with E-state index in [0.29, 0.717) is 0 Å². The quantitative estimate of drug-likeness (QED) is 0.773. The molecule has 0 saturated carbocycles. The third kappa shape index (κ3) is 3.48. The highest BCUT2D eigenvalue weighted by Gasteiger charge is 1.99. The minimum atomic E-state index is 0.130. The van der Waals surface area contributed by atoms with Crippen LogP contribution in [0.25, 0.3) is 0 Å². The van der Waals surface area contributed by atoms with Crippen molar-refractivity contribution in [3.05, 3.63) is 35.4 Å². The number of aliphatic hydroxyl groups is 1. The third-order valence-corrected chi connectivity index (χ3v) is 2.23. The van der Waals surface area contributed by atoms with Gasteiger partial charge in [0.15, 0.2) is 0 Å². The van der Waals surface area contributed by atoms with E-state index in [1.807, 2.05) is 12.1 Å². The molecule has 0 aliphatic rings. The first-order chi connectivity index (χ1) is 6.76. The molecule has 0 unspecified atom stereocenters. The molecular formula is C12H19NO. The van der Waals surface area contributed by atoms with Gasteiger partial charge >= 0.3 is 0 Å². The first-order valence-electron chi connectivity index (χ1n) is 5.13. The smallest absolute Gasteiger partial charge is 0.0681 e. The van der Waals surface area contributed by atoms with Gasteiger partial charge in [0.05, 0.1) is 6.61 Å². The third-order valence-electron chi connectivity index (χ3n) is 2.23. The summed E-state index contributed by atoms with van der Waals surface area (Å²) in [5, 5.41) is 8.99. The highest BCUT2D eigenvalue weighted by molar-refractivity contribution is 5.22. The lowest BCUT2D eigenvalue weighted by molar-refractivity contribution is 0.281. The van der Waals surface area contributed by atoms with Crippen molar-refractivity contribution < 1.29 is 5.11 Å². The second-order valence-corrected chi connectivity index (χ2v) is 3.72. The average Bonchev–Trinajstić information content (AvgIpc) is 2.18. The monoisotopic (exact) mass is 193 g/mol. The summed E-state index contributed by atoms with van der Waals surface area (Å²) in [5.41, 5.74) is 2.26. The van der Waals surface area contributed by atoms with E-state index >= 15 is 0 Å². The molecule has 0 saturated heterocycles. The Morgan fingerprint density at radius 3 is 2.64 bits per heavy atom. The van der Waals surface area contributed by atoms with Crippen LogP contribution in [0.5, 0.6) is 0 Å². The second-order valence-electron chi connectivity index (χ2n) is 3.72. The van der Waals surface area contributed by atoms with Gasteiger partial charge in [0.2, 0.25) is 0 Å². The molecule has 0 aromatic heterocycles. The molecule has 1 aromatic rings. The van der Waals surface area contributed by atoms with Crippen molar-refractivity contribution in [2.75, 3.05) is 13.6 Å². The Labute approximate surface area is 86.2 Å². The molecule has 0 fully saturated rings. The maximum absolute atomic E-state index is 8.99. The molecule has 1 rings (SSSR count). The molecule has 0 spiro atoms. The first kappa shape index (κ1) is 11.2. The van der Waals surface area contributed by atoms with Gasteiger partial charge in [-0.05, 0) is 31.1 Å². The molecule has 14 heavy (non-hydrogen) atoms. The van der Waals surface area contributed by atoms with Gasteiger partial charge in [0, 0.05) is 6.54 Å². The minimum absolute atomic E-state index is 0.130. The van der Waals surface area contributed by atoms with Gasteiger partial charge in [-0.3, -0.25) is 0 Å². The van der Waals surface area contributed by atoms with E-state index in [1.165, 1.54) is 12.0 Å². The van der Waals surface area contributed by atoms with Crippen molar-refractivity contribution in [3.8, 4) is 0 Å². The molecule has 0 aliphatic carbocycles. The van der Waals surface area contributed by atoms with Crippen molar-refractivity contribution in [1.29, 1.82) is 0 Å². The molecular weight excluding hydrogens is 174 g/mol. The highest BCUT2D eigenvalue weighted by atomic mass is 16.3. The Kier molecular flexibility index (Phi) is 4.63. The van der Waals surface area contributed by atoms with E-state index in [1.54, 1.807) is 0 Å². The van der Waals surface area contributed by atoms with E-state index in [0.717, 1.165) is 18.7 Å². The number of hydrogen-bond donors (Lipinski definition) is 1. The van der Waals surface area contributed by atoms with Crippen LogP contribution >= 0.6 is 0 Å². The van der Waals surface area contributed by atoms with Gasteiger partial charge in [-0.1, -0.05) is 31.2 Å². The zero-order valence-corrected chi connectivity index (χ0v) is 9.03. The molecule has 0 heterocycles. The number of benzene rings is 1. The van der Waals surface area contributed by atoms with Crippen molar-refractivity contribution in [1.82, 2.24) is 4.90 Å². The van der Waals surface area contributed by atoms with Gasteiger partial charge in [0.25, 0.3) is 0 Å². The van der Waals surface area contributed by atoms with Crippen LogP contribution < -0.4 is 0 Å². The maximum Gasteiger partial charge on any atom is 0.0681 e. The molecule has 2 heteroatoms. The first-order valence-corrected chi connectivity index (χ1v) is 5.13. The van der Waals surface area contributed by atoms with E-state index in [9.17, 15) is 0 Å². The fraction of sp³-hybridized carbons (Fsp3) is 0.500. The lowest BCUT2D eigenvalue weighted by atomic mass is 10.1. The summed E-state index contributed by atoms with van der Waals surface area (Å²) >= 11 is 0. The van der Waals surface area contributed by atoms with Crippen LogP contribution in [0.1, 0.15) is 24.5 Å². The van der Waals surface area contributed by atoms with E-state index < -0.39 is 0 Å². The van der Waals surface area contributed by atoms with Crippen LogP contribution in [0, 0.1) is 0 Å². The maximum atomic E-state index is 8.99. The lowest BCUT2D eigenvalue weighted by Crippen LogP contribution is -2.18. The molecule has 78 valence electrons. The summed E-state index contributed by atoms with van der Waals surface area (Å²) in [4.78, 5) is 2.29. The zero-order valence-electron chi connectivity index (χ0n) is 9.03. The topological polar surface area (TPSA) is 23.5 Å². The summed E-state index contributed by atoms with van der Waals surface area (Å²) in [6.07, 6.45) is 1.18. The van der Waals surface area contributed by atoms with Gasteiger partial charge in [-0.2, -0.15) is 0 Å².